The maximum absolute atomic E-state index is 6.52. The molecule has 52 heavy (non-hydrogen) atoms. The Morgan fingerprint density at radius 3 is 2.00 bits per heavy atom. The molecule has 0 saturated carbocycles. The molecule has 10 rings (SSSR count). The van der Waals surface area contributed by atoms with Gasteiger partial charge < -0.3 is 4.74 Å². The molecule has 0 bridgehead atoms. The Kier molecular flexibility index (Phi) is 7.37. The van der Waals surface area contributed by atoms with Crippen molar-refractivity contribution in [1.82, 2.24) is 14.5 Å². The Labute approximate surface area is 307 Å². The zero-order valence-corrected chi connectivity index (χ0v) is 29.9. The van der Waals surface area contributed by atoms with Crippen molar-refractivity contribution in [2.24, 2.45) is 0 Å². The van der Waals surface area contributed by atoms with Crippen LogP contribution in [-0.4, -0.2) is 22.6 Å². The minimum absolute atomic E-state index is 0.751. The number of rotatable bonds is 6. The number of nitrogens with zero attached hydrogens (tertiary/aromatic N) is 3. The van der Waals surface area contributed by atoms with Gasteiger partial charge in [-0.1, -0.05) is 115 Å². The summed E-state index contributed by atoms with van der Waals surface area (Å²) in [5, 5.41) is 7.88. The quantitative estimate of drug-likeness (QED) is 0.163. The molecule has 0 radical (unpaired) electrons. The van der Waals surface area contributed by atoms with Gasteiger partial charge in [0.15, 0.2) is 8.07 Å². The fourth-order valence-corrected chi connectivity index (χ4v) is 14.9. The van der Waals surface area contributed by atoms with Crippen LogP contribution >= 0.6 is 11.8 Å². The monoisotopic (exact) mass is 701 g/mol. The lowest BCUT2D eigenvalue weighted by atomic mass is 10.1. The highest BCUT2D eigenvalue weighted by Crippen LogP contribution is 2.39. The molecule has 6 aromatic carbocycles. The molecular formula is C46H31N3OSSi. The van der Waals surface area contributed by atoms with E-state index in [1.807, 2.05) is 72.7 Å². The van der Waals surface area contributed by atoms with Crippen molar-refractivity contribution in [1.29, 1.82) is 0 Å². The van der Waals surface area contributed by atoms with Gasteiger partial charge in [0.2, 0.25) is 0 Å². The Morgan fingerprint density at radius 2 is 1.21 bits per heavy atom. The number of hydrogen-bond donors (Lipinski definition) is 0. The number of hydrogen-bond acceptors (Lipinski definition) is 4. The zero-order valence-electron chi connectivity index (χ0n) is 28.1. The molecule has 0 N–H and O–H groups in total. The summed E-state index contributed by atoms with van der Waals surface area (Å²) in [6.45, 7) is 0. The van der Waals surface area contributed by atoms with Crippen LogP contribution in [0.4, 0.5) is 0 Å². The maximum atomic E-state index is 6.52. The predicted molar refractivity (Wildman–Crippen MR) is 216 cm³/mol. The van der Waals surface area contributed by atoms with E-state index in [4.69, 9.17) is 9.72 Å². The fraction of sp³-hybridized carbons (Fsp3) is 0. The van der Waals surface area contributed by atoms with Gasteiger partial charge in [-0.05, 0) is 87.5 Å². The molecule has 0 atom stereocenters. The first-order valence-electron chi connectivity index (χ1n) is 17.4. The topological polar surface area (TPSA) is 39.9 Å². The summed E-state index contributed by atoms with van der Waals surface area (Å²) in [7, 11) is -2.75. The normalized spacial score (nSPS) is 13.1. The summed E-state index contributed by atoms with van der Waals surface area (Å²) < 4.78 is 8.83. The summed E-state index contributed by atoms with van der Waals surface area (Å²) >= 11 is 1.89. The van der Waals surface area contributed by atoms with E-state index in [0.29, 0.717) is 0 Å². The predicted octanol–water partition coefficient (Wildman–Crippen LogP) is 8.88. The fourth-order valence-electron chi connectivity index (χ4n) is 7.88. The molecule has 246 valence electrons. The van der Waals surface area contributed by atoms with Crippen molar-refractivity contribution >= 4 is 62.5 Å². The average molecular weight is 702 g/mol. The van der Waals surface area contributed by atoms with E-state index in [1.165, 1.54) is 35.9 Å². The van der Waals surface area contributed by atoms with Crippen molar-refractivity contribution in [3.8, 4) is 28.4 Å². The Balaban J connectivity index is 1.19. The van der Waals surface area contributed by atoms with Crippen LogP contribution in [-0.2, 0) is 0 Å². The molecule has 3 aromatic heterocycles. The number of pyridine rings is 2. The highest BCUT2D eigenvalue weighted by Gasteiger charge is 2.47. The highest BCUT2D eigenvalue weighted by molar-refractivity contribution is 8.00. The molecular weight excluding hydrogens is 671 g/mol. The summed E-state index contributed by atoms with van der Waals surface area (Å²) in [5.41, 5.74) is 4.96. The lowest BCUT2D eigenvalue weighted by molar-refractivity contribution is 0.482. The molecule has 4 nitrogen and oxygen atoms in total. The van der Waals surface area contributed by atoms with Gasteiger partial charge in [0, 0.05) is 44.6 Å². The van der Waals surface area contributed by atoms with E-state index < -0.39 is 8.07 Å². The van der Waals surface area contributed by atoms with E-state index in [2.05, 4.69) is 137 Å². The molecule has 6 heteroatoms. The molecule has 0 fully saturated rings. The maximum Gasteiger partial charge on any atom is 0.181 e. The van der Waals surface area contributed by atoms with Gasteiger partial charge in [-0.3, -0.25) is 9.55 Å². The molecule has 0 aliphatic carbocycles. The summed E-state index contributed by atoms with van der Waals surface area (Å²) in [4.78, 5) is 12.2. The molecule has 0 unspecified atom stereocenters. The van der Waals surface area contributed by atoms with Crippen LogP contribution in [0.1, 0.15) is 0 Å². The van der Waals surface area contributed by atoms with Crippen LogP contribution in [0.2, 0.25) is 0 Å². The standard InChI is InChI=1S/C46H31N3OSSi/c1-3-18-36(19-4-1)52(37-20-5-2-6-21-37)44-25-8-7-24-42(44)51-43-30-39-38-22-13-27-48-46(38)49(41(39)31-45(43)52)33-15-12-17-35(29-33)50-34-16-11-14-32(28-34)40-23-9-10-26-47-40/h1-31H. The largest absolute Gasteiger partial charge is 0.457 e. The minimum atomic E-state index is -2.75. The van der Waals surface area contributed by atoms with Gasteiger partial charge in [-0.2, -0.15) is 0 Å². The second kappa shape index (κ2) is 12.5. The summed E-state index contributed by atoms with van der Waals surface area (Å²) in [5.74, 6) is 1.51. The molecule has 0 amide bonds. The van der Waals surface area contributed by atoms with Crippen LogP contribution < -0.4 is 25.5 Å². The van der Waals surface area contributed by atoms with Crippen LogP contribution in [0, 0.1) is 0 Å². The highest BCUT2D eigenvalue weighted by atomic mass is 32.2. The summed E-state index contributed by atoms with van der Waals surface area (Å²) in [6.07, 6.45) is 3.70. The third kappa shape index (κ3) is 4.91. The molecule has 4 heterocycles. The molecule has 0 saturated heterocycles. The van der Waals surface area contributed by atoms with E-state index in [1.54, 1.807) is 0 Å². The third-order valence-electron chi connectivity index (χ3n) is 10.1. The first-order valence-corrected chi connectivity index (χ1v) is 20.2. The van der Waals surface area contributed by atoms with Crippen LogP contribution in [0.15, 0.2) is 198 Å². The van der Waals surface area contributed by atoms with Crippen molar-refractivity contribution in [3.63, 3.8) is 0 Å². The minimum Gasteiger partial charge on any atom is -0.457 e. The lowest BCUT2D eigenvalue weighted by Crippen LogP contribution is -2.76. The van der Waals surface area contributed by atoms with Gasteiger partial charge in [0.05, 0.1) is 16.9 Å². The van der Waals surface area contributed by atoms with Gasteiger partial charge >= 0.3 is 0 Å². The first kappa shape index (κ1) is 30.6. The Hall–Kier alpha value is -6.21. The third-order valence-corrected chi connectivity index (χ3v) is 16.4. The van der Waals surface area contributed by atoms with Gasteiger partial charge in [0.25, 0.3) is 0 Å². The van der Waals surface area contributed by atoms with Gasteiger partial charge in [-0.25, -0.2) is 4.98 Å². The Bertz CT molecular complexity index is 2710. The van der Waals surface area contributed by atoms with Crippen LogP contribution in [0.25, 0.3) is 38.9 Å². The lowest BCUT2D eigenvalue weighted by Gasteiger charge is -2.40. The van der Waals surface area contributed by atoms with Gasteiger partial charge in [0.1, 0.15) is 17.1 Å². The Morgan fingerprint density at radius 1 is 0.500 bits per heavy atom. The number of aromatic nitrogens is 3. The molecule has 1 aliphatic rings. The summed E-state index contributed by atoms with van der Waals surface area (Å²) in [6, 6.07) is 62.9. The first-order chi connectivity index (χ1) is 25.8. The van der Waals surface area contributed by atoms with Crippen molar-refractivity contribution < 1.29 is 4.74 Å². The number of ether oxygens (including phenoxy) is 1. The zero-order chi connectivity index (χ0) is 34.5. The van der Waals surface area contributed by atoms with Crippen molar-refractivity contribution in [3.05, 3.63) is 188 Å². The smallest absolute Gasteiger partial charge is 0.181 e. The number of benzene rings is 6. The van der Waals surface area contributed by atoms with Gasteiger partial charge in [-0.15, -0.1) is 0 Å². The van der Waals surface area contributed by atoms with Crippen molar-refractivity contribution in [2.75, 3.05) is 0 Å². The van der Waals surface area contributed by atoms with E-state index in [9.17, 15) is 0 Å². The molecule has 1 aliphatic heterocycles. The van der Waals surface area contributed by atoms with Crippen LogP contribution in [0.3, 0.4) is 0 Å². The molecule has 0 spiro atoms. The second-order valence-electron chi connectivity index (χ2n) is 13.0. The average Bonchev–Trinajstić information content (AvgIpc) is 3.53. The number of fused-ring (bicyclic) bond motifs is 5. The van der Waals surface area contributed by atoms with E-state index in [-0.39, 0.29) is 0 Å². The second-order valence-corrected chi connectivity index (χ2v) is 17.8. The van der Waals surface area contributed by atoms with E-state index in [0.717, 1.165) is 45.0 Å². The van der Waals surface area contributed by atoms with Crippen molar-refractivity contribution in [2.45, 2.75) is 9.79 Å². The van der Waals surface area contributed by atoms with E-state index >= 15 is 0 Å². The van der Waals surface area contributed by atoms with Crippen LogP contribution in [0.5, 0.6) is 11.5 Å². The molecule has 9 aromatic rings. The SMILES string of the molecule is c1ccc([Si]2(c3ccccc3)c3ccccc3Sc3cc4c5cccnc5n(-c5cccc(Oc6cccc(-c7ccccn7)c6)c5)c4cc32)cc1.